The van der Waals surface area contributed by atoms with E-state index in [1.54, 1.807) is 12.1 Å². The van der Waals surface area contributed by atoms with Gasteiger partial charge in [-0.05, 0) is 31.2 Å². The summed E-state index contributed by atoms with van der Waals surface area (Å²) in [6.07, 6.45) is -0.381. The number of anilines is 1. The summed E-state index contributed by atoms with van der Waals surface area (Å²) in [7, 11) is 0. The van der Waals surface area contributed by atoms with Crippen molar-refractivity contribution < 1.29 is 9.84 Å². The van der Waals surface area contributed by atoms with Crippen LogP contribution in [0.25, 0.3) is 11.0 Å². The average Bonchev–Trinajstić information content (AvgIpc) is 2.94. The molecule has 1 aromatic heterocycles. The highest BCUT2D eigenvalue weighted by molar-refractivity contribution is 5.94. The first-order chi connectivity index (χ1) is 11.7. The van der Waals surface area contributed by atoms with E-state index in [9.17, 15) is 5.11 Å². The van der Waals surface area contributed by atoms with Gasteiger partial charge in [0.05, 0.1) is 17.6 Å². The van der Waals surface area contributed by atoms with Crippen molar-refractivity contribution in [3.05, 3.63) is 48.0 Å². The summed E-state index contributed by atoms with van der Waals surface area (Å²) in [5.41, 5.74) is 8.59. The Balaban J connectivity index is 1.89. The fraction of sp³-hybridized carbons (Fsp3) is 0.176. The van der Waals surface area contributed by atoms with Crippen molar-refractivity contribution >= 4 is 22.9 Å². The third-order valence-electron chi connectivity index (χ3n) is 3.92. The Morgan fingerprint density at radius 2 is 2.12 bits per heavy atom. The Hall–Kier alpha value is -3.22. The minimum Gasteiger partial charge on any atom is -0.504 e. The zero-order valence-electron chi connectivity index (χ0n) is 13.1. The van der Waals surface area contributed by atoms with Crippen LogP contribution in [0.15, 0.2) is 47.5 Å². The highest BCUT2D eigenvalue weighted by Crippen LogP contribution is 2.36. The third-order valence-corrected chi connectivity index (χ3v) is 3.92. The van der Waals surface area contributed by atoms with Gasteiger partial charge in [-0.3, -0.25) is 9.88 Å². The monoisotopic (exact) mass is 323 g/mol. The van der Waals surface area contributed by atoms with Gasteiger partial charge < -0.3 is 15.6 Å². The van der Waals surface area contributed by atoms with Gasteiger partial charge in [0.2, 0.25) is 5.95 Å². The van der Waals surface area contributed by atoms with E-state index in [-0.39, 0.29) is 11.9 Å². The van der Waals surface area contributed by atoms with E-state index in [1.165, 1.54) is 0 Å². The van der Waals surface area contributed by atoms with Crippen molar-refractivity contribution in [3.8, 4) is 11.5 Å². The molecule has 1 unspecified atom stereocenters. The van der Waals surface area contributed by atoms with Crippen molar-refractivity contribution in [1.82, 2.24) is 9.55 Å². The number of ether oxygens (including phenoxy) is 1. The lowest BCUT2D eigenvalue weighted by atomic mass is 10.1. The first-order valence-corrected chi connectivity index (χ1v) is 7.70. The van der Waals surface area contributed by atoms with Gasteiger partial charge in [0.25, 0.3) is 0 Å². The lowest BCUT2D eigenvalue weighted by molar-refractivity contribution is 0.317. The van der Waals surface area contributed by atoms with Gasteiger partial charge in [0, 0.05) is 5.56 Å². The van der Waals surface area contributed by atoms with Gasteiger partial charge in [-0.15, -0.1) is 0 Å². The minimum atomic E-state index is -0.381. The predicted octanol–water partition coefficient (Wildman–Crippen LogP) is 2.43. The topological polar surface area (TPSA) is 97.7 Å². The van der Waals surface area contributed by atoms with Crippen LogP contribution < -0.4 is 15.8 Å². The van der Waals surface area contributed by atoms with E-state index < -0.39 is 0 Å². The van der Waals surface area contributed by atoms with Crippen molar-refractivity contribution in [2.24, 2.45) is 10.7 Å². The van der Waals surface area contributed by atoms with E-state index in [1.807, 2.05) is 41.8 Å². The molecule has 0 saturated carbocycles. The van der Waals surface area contributed by atoms with E-state index >= 15 is 0 Å². The van der Waals surface area contributed by atoms with Gasteiger partial charge in [-0.25, -0.2) is 9.98 Å². The van der Waals surface area contributed by atoms with Crippen LogP contribution in [0.2, 0.25) is 0 Å². The number of fused-ring (bicyclic) bond motifs is 3. The molecule has 0 bridgehead atoms. The molecule has 1 atom stereocenters. The summed E-state index contributed by atoms with van der Waals surface area (Å²) in [6, 6.07) is 13.0. The number of hydrogen-bond acceptors (Lipinski definition) is 6. The van der Waals surface area contributed by atoms with Gasteiger partial charge in [0.1, 0.15) is 0 Å². The smallest absolute Gasteiger partial charge is 0.212 e. The second kappa shape index (κ2) is 5.45. The van der Waals surface area contributed by atoms with Crippen LogP contribution in [0.3, 0.4) is 0 Å². The lowest BCUT2D eigenvalue weighted by Gasteiger charge is -2.24. The zero-order valence-corrected chi connectivity index (χ0v) is 13.1. The molecule has 0 aliphatic carbocycles. The number of phenols is 1. The van der Waals surface area contributed by atoms with Gasteiger partial charge in [0.15, 0.2) is 23.6 Å². The second-order valence-electron chi connectivity index (χ2n) is 5.47. The Morgan fingerprint density at radius 1 is 1.29 bits per heavy atom. The van der Waals surface area contributed by atoms with Crippen LogP contribution in [0, 0.1) is 0 Å². The fourth-order valence-electron chi connectivity index (χ4n) is 2.90. The predicted molar refractivity (Wildman–Crippen MR) is 92.4 cm³/mol. The van der Waals surface area contributed by atoms with Crippen LogP contribution in [0.1, 0.15) is 18.7 Å². The van der Waals surface area contributed by atoms with Crippen molar-refractivity contribution in [2.75, 3.05) is 11.9 Å². The number of aromatic hydroxyl groups is 1. The summed E-state index contributed by atoms with van der Waals surface area (Å²) in [6.45, 7) is 2.34. The van der Waals surface area contributed by atoms with Crippen LogP contribution >= 0.6 is 0 Å². The summed E-state index contributed by atoms with van der Waals surface area (Å²) >= 11 is 0. The molecule has 2 heterocycles. The number of aliphatic imine (C=N–C) groups is 1. The molecule has 0 spiro atoms. The average molecular weight is 323 g/mol. The number of nitrogens with one attached hydrogen (secondary N) is 1. The molecular weight excluding hydrogens is 306 g/mol. The maximum absolute atomic E-state index is 9.93. The Labute approximate surface area is 138 Å². The first kappa shape index (κ1) is 14.4. The zero-order chi connectivity index (χ0) is 16.7. The normalized spacial score (nSPS) is 16.4. The molecule has 0 fully saturated rings. The van der Waals surface area contributed by atoms with E-state index in [0.29, 0.717) is 24.3 Å². The molecule has 3 aromatic rings. The van der Waals surface area contributed by atoms with E-state index in [0.717, 1.165) is 16.6 Å². The summed E-state index contributed by atoms with van der Waals surface area (Å²) in [5.74, 6) is 1.46. The quantitative estimate of drug-likeness (QED) is 0.688. The molecule has 4 rings (SSSR count). The number of benzene rings is 2. The van der Waals surface area contributed by atoms with Crippen LogP contribution in [-0.2, 0) is 0 Å². The molecule has 7 heteroatoms. The molecule has 2 aromatic carbocycles. The number of para-hydroxylation sites is 2. The molecule has 1 aliphatic heterocycles. The summed E-state index contributed by atoms with van der Waals surface area (Å²) in [5, 5.41) is 12.9. The highest BCUT2D eigenvalue weighted by Gasteiger charge is 2.25. The van der Waals surface area contributed by atoms with Gasteiger partial charge in [-0.1, -0.05) is 18.2 Å². The maximum atomic E-state index is 9.93. The minimum absolute atomic E-state index is 0.0993. The number of phenolic OH excluding ortho intramolecular Hbond substituents is 1. The van der Waals surface area contributed by atoms with E-state index in [4.69, 9.17) is 10.5 Å². The Morgan fingerprint density at radius 3 is 2.96 bits per heavy atom. The molecule has 24 heavy (non-hydrogen) atoms. The van der Waals surface area contributed by atoms with E-state index in [2.05, 4.69) is 15.3 Å². The fourth-order valence-corrected chi connectivity index (χ4v) is 2.90. The number of hydrogen-bond donors (Lipinski definition) is 3. The summed E-state index contributed by atoms with van der Waals surface area (Å²) < 4.78 is 7.46. The number of rotatable bonds is 3. The second-order valence-corrected chi connectivity index (χ2v) is 5.47. The highest BCUT2D eigenvalue weighted by atomic mass is 16.5. The van der Waals surface area contributed by atoms with Crippen molar-refractivity contribution in [2.45, 2.75) is 13.1 Å². The molecule has 4 N–H and O–H groups in total. The molecule has 1 aliphatic rings. The molecule has 7 nitrogen and oxygen atoms in total. The number of imidazole rings is 1. The Kier molecular flexibility index (Phi) is 3.26. The van der Waals surface area contributed by atoms with Gasteiger partial charge in [-0.2, -0.15) is 0 Å². The number of aromatic nitrogens is 2. The molecular formula is C17H17N5O2. The molecule has 122 valence electrons. The first-order valence-electron chi connectivity index (χ1n) is 7.70. The van der Waals surface area contributed by atoms with Gasteiger partial charge >= 0.3 is 0 Å². The van der Waals surface area contributed by atoms with Crippen LogP contribution in [0.4, 0.5) is 5.95 Å². The molecule has 0 amide bonds. The number of nitrogens with zero attached hydrogens (tertiary/aromatic N) is 3. The number of nitrogens with two attached hydrogens (primary N) is 1. The molecule has 0 saturated heterocycles. The molecule has 0 radical (unpaired) electrons. The summed E-state index contributed by atoms with van der Waals surface area (Å²) in [4.78, 5) is 9.08. The Bertz CT molecular complexity index is 947. The standard InChI is InChI=1S/C17H17N5O2/c1-2-24-14-9-10(7-8-13(14)23)15-20-16(18)21-17-19-11-5-3-4-6-12(11)22(15)17/h3-9,15,23H,2H2,1H3,(H3,18,19,20,21). The lowest BCUT2D eigenvalue weighted by Crippen LogP contribution is -2.31. The SMILES string of the molecule is CCOc1cc(C2N=C(N)Nc3nc4ccccc4n32)ccc1O. The number of guanidine groups is 1. The van der Waals surface area contributed by atoms with Crippen LogP contribution in [0.5, 0.6) is 11.5 Å². The third kappa shape index (κ3) is 2.21. The van der Waals surface area contributed by atoms with Crippen LogP contribution in [-0.4, -0.2) is 27.2 Å². The largest absolute Gasteiger partial charge is 0.504 e. The van der Waals surface area contributed by atoms with Crippen molar-refractivity contribution in [1.29, 1.82) is 0 Å². The van der Waals surface area contributed by atoms with Crippen molar-refractivity contribution in [3.63, 3.8) is 0 Å². The maximum Gasteiger partial charge on any atom is 0.212 e.